The number of nitrogens with one attached hydrogen (secondary N) is 2. The molecule has 4 nitrogen and oxygen atoms in total. The molecule has 1 rings (SSSR count). The van der Waals surface area contributed by atoms with E-state index in [2.05, 4.69) is 10.7 Å². The summed E-state index contributed by atoms with van der Waals surface area (Å²) in [5.74, 6) is 0. The van der Waals surface area contributed by atoms with Gasteiger partial charge in [-0.2, -0.15) is 5.01 Å². The van der Waals surface area contributed by atoms with Crippen LogP contribution in [0.4, 0.5) is 0 Å². The summed E-state index contributed by atoms with van der Waals surface area (Å²) in [5.41, 5.74) is 9.31. The van der Waals surface area contributed by atoms with Crippen LogP contribution >= 0.6 is 12.2 Å². The molecular weight excluding hydrogens is 172 g/mol. The fourth-order valence-electron chi connectivity index (χ4n) is 1.30. The molecule has 12 heavy (non-hydrogen) atoms. The Labute approximate surface area is 77.8 Å². The van der Waals surface area contributed by atoms with Crippen LogP contribution in [0.2, 0.25) is 0 Å². The third-order valence-corrected chi connectivity index (χ3v) is 2.02. The summed E-state index contributed by atoms with van der Waals surface area (Å²) in [7, 11) is 1.93. The van der Waals surface area contributed by atoms with Crippen molar-refractivity contribution in [2.24, 2.45) is 5.73 Å². The number of hydrazine groups is 1. The second kappa shape index (κ2) is 2.91. The number of likely N-dealkylation sites (N-methyl/N-ethyl adjacent to an activating group) is 1. The van der Waals surface area contributed by atoms with E-state index in [9.17, 15) is 0 Å². The van der Waals surface area contributed by atoms with E-state index in [0.29, 0.717) is 5.11 Å². The van der Waals surface area contributed by atoms with Gasteiger partial charge in [0.05, 0.1) is 0 Å². The quantitative estimate of drug-likeness (QED) is 0.499. The van der Waals surface area contributed by atoms with Gasteiger partial charge >= 0.3 is 0 Å². The lowest BCUT2D eigenvalue weighted by atomic mass is 10.2. The lowest BCUT2D eigenvalue weighted by molar-refractivity contribution is 0.148. The van der Waals surface area contributed by atoms with E-state index >= 15 is 0 Å². The molecule has 0 aliphatic carbocycles. The van der Waals surface area contributed by atoms with Crippen LogP contribution in [0.25, 0.3) is 0 Å². The fourth-order valence-corrected chi connectivity index (χ4v) is 1.51. The van der Waals surface area contributed by atoms with Crippen molar-refractivity contribution in [3.8, 4) is 0 Å². The Hall–Kier alpha value is -0.810. The molecule has 0 spiro atoms. The topological polar surface area (TPSA) is 53.3 Å². The van der Waals surface area contributed by atoms with E-state index < -0.39 is 0 Å². The fraction of sp³-hybridized carbons (Fsp3) is 0.571. The smallest absolute Gasteiger partial charge is 0.165 e. The number of hydrogen-bond donors (Lipinski definition) is 3. The summed E-state index contributed by atoms with van der Waals surface area (Å²) in [6.07, 6.45) is 2.03. The van der Waals surface area contributed by atoms with Crippen LogP contribution in [-0.2, 0) is 0 Å². The summed E-state index contributed by atoms with van der Waals surface area (Å²) < 4.78 is 0. The molecular formula is C7H14N4S. The molecule has 1 atom stereocenters. The minimum Gasteiger partial charge on any atom is -0.376 e. The zero-order valence-electron chi connectivity index (χ0n) is 7.51. The van der Waals surface area contributed by atoms with E-state index in [1.165, 1.54) is 0 Å². The van der Waals surface area contributed by atoms with Crippen molar-refractivity contribution >= 4 is 17.3 Å². The van der Waals surface area contributed by atoms with Crippen LogP contribution in [0.15, 0.2) is 11.8 Å². The first kappa shape index (κ1) is 9.28. The van der Waals surface area contributed by atoms with Crippen LogP contribution in [0.5, 0.6) is 0 Å². The molecule has 0 saturated heterocycles. The minimum absolute atomic E-state index is 0.303. The zero-order valence-corrected chi connectivity index (χ0v) is 8.33. The lowest BCUT2D eigenvalue weighted by Crippen LogP contribution is -2.57. The van der Waals surface area contributed by atoms with Crippen LogP contribution in [0.1, 0.15) is 13.8 Å². The van der Waals surface area contributed by atoms with Crippen molar-refractivity contribution in [1.29, 1.82) is 0 Å². The standard InChI is InChI=1S/C7H14N4S/c1-5-4-7(2,9-6(8)12)11(3)10-5/h4,10H,1-3H3,(H3,8,9,12). The lowest BCUT2D eigenvalue weighted by Gasteiger charge is -2.31. The maximum absolute atomic E-state index is 5.40. The first-order chi connectivity index (χ1) is 5.44. The second-order valence-corrected chi connectivity index (χ2v) is 3.57. The van der Waals surface area contributed by atoms with Gasteiger partial charge in [-0.1, -0.05) is 0 Å². The summed E-state index contributed by atoms with van der Waals surface area (Å²) in [4.78, 5) is 0. The summed E-state index contributed by atoms with van der Waals surface area (Å²) in [6.45, 7) is 3.98. The van der Waals surface area contributed by atoms with Crippen molar-refractivity contribution in [3.05, 3.63) is 11.8 Å². The van der Waals surface area contributed by atoms with Gasteiger partial charge < -0.3 is 16.5 Å². The first-order valence-electron chi connectivity index (χ1n) is 3.71. The van der Waals surface area contributed by atoms with E-state index in [0.717, 1.165) is 5.70 Å². The van der Waals surface area contributed by atoms with Crippen LogP contribution < -0.4 is 16.5 Å². The molecule has 0 saturated carbocycles. The van der Waals surface area contributed by atoms with Gasteiger partial charge in [0.25, 0.3) is 0 Å². The highest BCUT2D eigenvalue weighted by Crippen LogP contribution is 2.17. The SMILES string of the molecule is CC1=CC(C)(NC(N)=S)N(C)N1. The Kier molecular flexibility index (Phi) is 2.25. The third kappa shape index (κ3) is 1.67. The average molecular weight is 186 g/mol. The highest BCUT2D eigenvalue weighted by molar-refractivity contribution is 7.80. The highest BCUT2D eigenvalue weighted by atomic mass is 32.1. The molecule has 1 heterocycles. The third-order valence-electron chi connectivity index (χ3n) is 1.91. The molecule has 1 aliphatic heterocycles. The number of hydrogen-bond acceptors (Lipinski definition) is 3. The Morgan fingerprint density at radius 2 is 2.42 bits per heavy atom. The Balaban J connectivity index is 2.76. The van der Waals surface area contributed by atoms with Gasteiger partial charge in [0, 0.05) is 12.7 Å². The number of nitrogens with zero attached hydrogens (tertiary/aromatic N) is 1. The van der Waals surface area contributed by atoms with Crippen LogP contribution in [-0.4, -0.2) is 22.8 Å². The Bertz CT molecular complexity index is 238. The molecule has 0 amide bonds. The average Bonchev–Trinajstić information content (AvgIpc) is 2.04. The molecule has 0 bridgehead atoms. The van der Waals surface area contributed by atoms with E-state index in [-0.39, 0.29) is 5.66 Å². The molecule has 5 heteroatoms. The van der Waals surface area contributed by atoms with Crippen molar-refractivity contribution in [3.63, 3.8) is 0 Å². The molecule has 0 radical (unpaired) electrons. The molecule has 0 aromatic heterocycles. The number of rotatable bonds is 1. The van der Waals surface area contributed by atoms with Crippen molar-refractivity contribution in [2.45, 2.75) is 19.5 Å². The molecule has 0 fully saturated rings. The molecule has 1 unspecified atom stereocenters. The summed E-state index contributed by atoms with van der Waals surface area (Å²) in [6, 6.07) is 0. The maximum Gasteiger partial charge on any atom is 0.165 e. The number of nitrogens with two attached hydrogens (primary N) is 1. The van der Waals surface area contributed by atoms with Crippen LogP contribution in [0, 0.1) is 0 Å². The maximum atomic E-state index is 5.40. The molecule has 4 N–H and O–H groups in total. The van der Waals surface area contributed by atoms with Gasteiger partial charge in [-0.25, -0.2) is 0 Å². The first-order valence-corrected chi connectivity index (χ1v) is 4.12. The predicted octanol–water partition coefficient (Wildman–Crippen LogP) is -0.110. The normalized spacial score (nSPS) is 29.4. The second-order valence-electron chi connectivity index (χ2n) is 3.13. The zero-order chi connectivity index (χ0) is 9.35. The molecule has 0 aromatic carbocycles. The van der Waals surface area contributed by atoms with Gasteiger partial charge in [0.1, 0.15) is 5.66 Å². The van der Waals surface area contributed by atoms with Gasteiger partial charge in [-0.3, -0.25) is 0 Å². The van der Waals surface area contributed by atoms with Crippen molar-refractivity contribution in [1.82, 2.24) is 15.8 Å². The van der Waals surface area contributed by atoms with E-state index in [1.807, 2.05) is 32.0 Å². The molecule has 1 aliphatic rings. The van der Waals surface area contributed by atoms with Gasteiger partial charge in [0.15, 0.2) is 5.11 Å². The number of allylic oxidation sites excluding steroid dienone is 1. The predicted molar refractivity (Wildman–Crippen MR) is 53.0 cm³/mol. The Morgan fingerprint density at radius 1 is 1.83 bits per heavy atom. The summed E-state index contributed by atoms with van der Waals surface area (Å²) >= 11 is 4.78. The van der Waals surface area contributed by atoms with Gasteiger partial charge in [-0.05, 0) is 32.1 Å². The Morgan fingerprint density at radius 3 is 2.75 bits per heavy atom. The monoisotopic (exact) mass is 186 g/mol. The van der Waals surface area contributed by atoms with Crippen molar-refractivity contribution in [2.75, 3.05) is 7.05 Å². The van der Waals surface area contributed by atoms with Gasteiger partial charge in [0.2, 0.25) is 0 Å². The largest absolute Gasteiger partial charge is 0.376 e. The minimum atomic E-state index is -0.310. The van der Waals surface area contributed by atoms with Crippen LogP contribution in [0.3, 0.4) is 0 Å². The van der Waals surface area contributed by atoms with E-state index in [1.54, 1.807) is 0 Å². The molecule has 68 valence electrons. The van der Waals surface area contributed by atoms with Crippen molar-refractivity contribution < 1.29 is 0 Å². The molecule has 0 aromatic rings. The highest BCUT2D eigenvalue weighted by Gasteiger charge is 2.32. The summed E-state index contributed by atoms with van der Waals surface area (Å²) in [5, 5.41) is 5.22. The van der Waals surface area contributed by atoms with E-state index in [4.69, 9.17) is 18.0 Å². The number of thiocarbonyl (C=S) groups is 1. The van der Waals surface area contributed by atoms with Gasteiger partial charge in [-0.15, -0.1) is 0 Å².